The highest BCUT2D eigenvalue weighted by atomic mass is 32.2. The van der Waals surface area contributed by atoms with Gasteiger partial charge in [0.15, 0.2) is 9.84 Å². The summed E-state index contributed by atoms with van der Waals surface area (Å²) in [6.45, 7) is 1.48. The number of nitrogens with zero attached hydrogens (tertiary/aromatic N) is 1. The summed E-state index contributed by atoms with van der Waals surface area (Å²) in [7, 11) is -3.27. The lowest BCUT2D eigenvalue weighted by Crippen LogP contribution is -2.24. The molecule has 130 valence electrons. The van der Waals surface area contributed by atoms with E-state index in [-0.39, 0.29) is 28.0 Å². The first kappa shape index (κ1) is 17.4. The van der Waals surface area contributed by atoms with Crippen molar-refractivity contribution in [3.63, 3.8) is 0 Å². The zero-order valence-corrected chi connectivity index (χ0v) is 15.1. The number of nitrogens with one attached hydrogen (secondary N) is 1. The number of sulfone groups is 1. The highest BCUT2D eigenvalue weighted by molar-refractivity contribution is 7.91. The number of para-hydroxylation sites is 1. The number of hydrogen-bond donors (Lipinski definition) is 1. The van der Waals surface area contributed by atoms with Crippen molar-refractivity contribution >= 4 is 43.0 Å². The molecule has 0 bridgehead atoms. The van der Waals surface area contributed by atoms with Crippen molar-refractivity contribution in [3.8, 4) is 0 Å². The molecule has 0 aliphatic carbocycles. The summed E-state index contributed by atoms with van der Waals surface area (Å²) >= 11 is 1.09. The minimum absolute atomic E-state index is 0.0207. The van der Waals surface area contributed by atoms with Gasteiger partial charge in [0.1, 0.15) is 6.54 Å². The molecule has 1 N–H and O–H groups in total. The van der Waals surface area contributed by atoms with Crippen LogP contribution >= 0.6 is 11.3 Å². The Morgan fingerprint density at radius 3 is 2.48 bits per heavy atom. The van der Waals surface area contributed by atoms with E-state index in [1.807, 2.05) is 18.2 Å². The average molecular weight is 376 g/mol. The van der Waals surface area contributed by atoms with Crippen LogP contribution < -0.4 is 10.2 Å². The number of anilines is 1. The molecule has 25 heavy (non-hydrogen) atoms. The Hall–Kier alpha value is -2.45. The standard InChI is InChI=1S/C17H16N2O4S2/c1-2-25(22,23)13-9-7-12(8-10-13)18-16(20)11-19-14-5-3-4-6-15(14)24-17(19)21/h3-10H,2,11H2,1H3,(H,18,20). The molecule has 3 rings (SSSR count). The van der Waals surface area contributed by atoms with Crippen LogP contribution in [-0.4, -0.2) is 24.6 Å². The van der Waals surface area contributed by atoms with E-state index >= 15 is 0 Å². The minimum Gasteiger partial charge on any atom is -0.325 e. The molecule has 6 nitrogen and oxygen atoms in total. The van der Waals surface area contributed by atoms with Gasteiger partial charge in [-0.25, -0.2) is 8.42 Å². The van der Waals surface area contributed by atoms with E-state index in [4.69, 9.17) is 0 Å². The minimum atomic E-state index is -3.27. The van der Waals surface area contributed by atoms with Crippen molar-refractivity contribution in [2.24, 2.45) is 0 Å². The topological polar surface area (TPSA) is 85.2 Å². The predicted octanol–water partition coefficient (Wildman–Crippen LogP) is 2.50. The highest BCUT2D eigenvalue weighted by Gasteiger charge is 2.13. The molecule has 0 saturated carbocycles. The molecule has 0 unspecified atom stereocenters. The Labute approximate surface area is 148 Å². The second kappa shape index (κ2) is 6.81. The zero-order chi connectivity index (χ0) is 18.0. The van der Waals surface area contributed by atoms with Gasteiger partial charge in [-0.2, -0.15) is 0 Å². The first-order chi connectivity index (χ1) is 11.9. The molecular formula is C17H16N2O4S2. The summed E-state index contributed by atoms with van der Waals surface area (Å²) in [5, 5.41) is 2.68. The number of rotatable bonds is 5. The molecule has 0 saturated heterocycles. The Morgan fingerprint density at radius 2 is 1.80 bits per heavy atom. The maximum absolute atomic E-state index is 12.2. The fraction of sp³-hybridized carbons (Fsp3) is 0.176. The lowest BCUT2D eigenvalue weighted by atomic mass is 10.3. The molecule has 0 aliphatic heterocycles. The third-order valence-electron chi connectivity index (χ3n) is 3.75. The Kier molecular flexibility index (Phi) is 4.73. The summed E-state index contributed by atoms with van der Waals surface area (Å²) < 4.78 is 25.8. The van der Waals surface area contributed by atoms with Crippen LogP contribution in [0.1, 0.15) is 6.92 Å². The molecule has 0 fully saturated rings. The lowest BCUT2D eigenvalue weighted by Gasteiger charge is -2.07. The second-order valence-electron chi connectivity index (χ2n) is 5.40. The maximum Gasteiger partial charge on any atom is 0.308 e. The summed E-state index contributed by atoms with van der Waals surface area (Å²) in [4.78, 5) is 24.3. The van der Waals surface area contributed by atoms with Crippen molar-refractivity contribution < 1.29 is 13.2 Å². The van der Waals surface area contributed by atoms with Crippen molar-refractivity contribution in [1.29, 1.82) is 0 Å². The number of fused-ring (bicyclic) bond motifs is 1. The SMILES string of the molecule is CCS(=O)(=O)c1ccc(NC(=O)Cn2c(=O)sc3ccccc32)cc1. The van der Waals surface area contributed by atoms with Gasteiger partial charge in [0.25, 0.3) is 0 Å². The molecule has 0 spiro atoms. The first-order valence-corrected chi connectivity index (χ1v) is 10.1. The summed E-state index contributed by atoms with van der Waals surface area (Å²) in [6.07, 6.45) is 0. The fourth-order valence-corrected chi connectivity index (χ4v) is 4.19. The van der Waals surface area contributed by atoms with Gasteiger partial charge in [-0.05, 0) is 36.4 Å². The molecule has 1 amide bonds. The lowest BCUT2D eigenvalue weighted by molar-refractivity contribution is -0.116. The van der Waals surface area contributed by atoms with E-state index in [0.29, 0.717) is 5.69 Å². The van der Waals surface area contributed by atoms with Gasteiger partial charge in [-0.1, -0.05) is 30.4 Å². The number of benzene rings is 2. The van der Waals surface area contributed by atoms with Crippen LogP contribution in [0.4, 0.5) is 5.69 Å². The van der Waals surface area contributed by atoms with Crippen LogP contribution in [0.3, 0.4) is 0 Å². The maximum atomic E-state index is 12.2. The van der Waals surface area contributed by atoms with Crippen LogP contribution in [0, 0.1) is 0 Å². The number of carbonyl (C=O) groups is 1. The Bertz CT molecular complexity index is 1080. The van der Waals surface area contributed by atoms with E-state index in [1.54, 1.807) is 13.0 Å². The molecule has 3 aromatic rings. The molecule has 1 heterocycles. The number of thiazole rings is 1. The number of carbonyl (C=O) groups excluding carboxylic acids is 1. The van der Waals surface area contributed by atoms with Gasteiger partial charge in [0.05, 0.1) is 20.9 Å². The Balaban J connectivity index is 1.76. The summed E-state index contributed by atoms with van der Waals surface area (Å²) in [6, 6.07) is 13.3. The third kappa shape index (κ3) is 3.64. The first-order valence-electron chi connectivity index (χ1n) is 7.62. The van der Waals surface area contributed by atoms with Gasteiger partial charge in [-0.3, -0.25) is 14.2 Å². The number of hydrogen-bond acceptors (Lipinski definition) is 5. The van der Waals surface area contributed by atoms with Crippen LogP contribution in [0.5, 0.6) is 0 Å². The van der Waals surface area contributed by atoms with Gasteiger partial charge < -0.3 is 5.32 Å². The fourth-order valence-electron chi connectivity index (χ4n) is 2.42. The van der Waals surface area contributed by atoms with E-state index < -0.39 is 9.84 Å². The summed E-state index contributed by atoms with van der Waals surface area (Å²) in [5.74, 6) is -0.330. The molecule has 8 heteroatoms. The van der Waals surface area contributed by atoms with Crippen molar-refractivity contribution in [3.05, 3.63) is 58.2 Å². The number of aromatic nitrogens is 1. The largest absolute Gasteiger partial charge is 0.325 e. The normalized spacial score (nSPS) is 11.6. The van der Waals surface area contributed by atoms with E-state index in [1.165, 1.54) is 28.8 Å². The van der Waals surface area contributed by atoms with Crippen LogP contribution in [-0.2, 0) is 21.2 Å². The second-order valence-corrected chi connectivity index (χ2v) is 8.67. The van der Waals surface area contributed by atoms with Crippen LogP contribution in [0.25, 0.3) is 10.2 Å². The number of amides is 1. The molecule has 1 aromatic heterocycles. The zero-order valence-electron chi connectivity index (χ0n) is 13.4. The molecule has 0 aliphatic rings. The molecular weight excluding hydrogens is 360 g/mol. The average Bonchev–Trinajstić information content (AvgIpc) is 2.91. The molecule has 0 radical (unpaired) electrons. The highest BCUT2D eigenvalue weighted by Crippen LogP contribution is 2.17. The Morgan fingerprint density at radius 1 is 1.12 bits per heavy atom. The van der Waals surface area contributed by atoms with Crippen molar-refractivity contribution in [1.82, 2.24) is 4.57 Å². The van der Waals surface area contributed by atoms with E-state index in [2.05, 4.69) is 5.32 Å². The predicted molar refractivity (Wildman–Crippen MR) is 98.9 cm³/mol. The van der Waals surface area contributed by atoms with Crippen LogP contribution in [0.2, 0.25) is 0 Å². The van der Waals surface area contributed by atoms with Gasteiger partial charge in [0, 0.05) is 5.69 Å². The van der Waals surface area contributed by atoms with Crippen molar-refractivity contribution in [2.75, 3.05) is 11.1 Å². The van der Waals surface area contributed by atoms with Gasteiger partial charge in [0.2, 0.25) is 5.91 Å². The third-order valence-corrected chi connectivity index (χ3v) is 6.46. The van der Waals surface area contributed by atoms with Gasteiger partial charge >= 0.3 is 4.87 Å². The smallest absolute Gasteiger partial charge is 0.308 e. The molecule has 0 atom stereocenters. The van der Waals surface area contributed by atoms with Crippen LogP contribution in [0.15, 0.2) is 58.2 Å². The van der Waals surface area contributed by atoms with Gasteiger partial charge in [-0.15, -0.1) is 0 Å². The van der Waals surface area contributed by atoms with E-state index in [0.717, 1.165) is 21.6 Å². The quantitative estimate of drug-likeness (QED) is 0.741. The van der Waals surface area contributed by atoms with Crippen molar-refractivity contribution in [2.45, 2.75) is 18.4 Å². The van der Waals surface area contributed by atoms with E-state index in [9.17, 15) is 18.0 Å². The summed E-state index contributed by atoms with van der Waals surface area (Å²) in [5.41, 5.74) is 1.20. The monoisotopic (exact) mass is 376 g/mol. The molecule has 2 aromatic carbocycles.